The fourth-order valence-electron chi connectivity index (χ4n) is 3.12. The molecule has 1 aromatic heterocycles. The predicted octanol–water partition coefficient (Wildman–Crippen LogP) is 0.253. The van der Waals surface area contributed by atoms with Crippen LogP contribution in [0.2, 0.25) is 0 Å². The third-order valence-corrected chi connectivity index (χ3v) is 4.59. The third kappa shape index (κ3) is 4.70. The summed E-state index contributed by atoms with van der Waals surface area (Å²) in [4.78, 5) is 25.7. The largest absolute Gasteiger partial charge is 0.351 e. The summed E-state index contributed by atoms with van der Waals surface area (Å²) >= 11 is 0. The quantitative estimate of drug-likeness (QED) is 0.521. The molecular formula is C17H18F4N6O2. The van der Waals surface area contributed by atoms with Crippen molar-refractivity contribution in [1.82, 2.24) is 25.0 Å². The number of carbonyl (C=O) groups excluding carboxylic acids is 2. The highest BCUT2D eigenvalue weighted by Gasteiger charge is 2.27. The fraction of sp³-hybridized carbons (Fsp3) is 0.412. The summed E-state index contributed by atoms with van der Waals surface area (Å²) in [7, 11) is 0. The minimum atomic E-state index is -1.34. The van der Waals surface area contributed by atoms with Gasteiger partial charge in [-0.15, -0.1) is 5.10 Å². The Hall–Kier alpha value is -3.02. The van der Waals surface area contributed by atoms with E-state index in [9.17, 15) is 27.2 Å². The minimum Gasteiger partial charge on any atom is -0.351 e. The molecule has 12 heteroatoms. The number of hydrogen-bond acceptors (Lipinski definition) is 5. The van der Waals surface area contributed by atoms with Crippen LogP contribution in [0, 0.1) is 23.5 Å². The molecular weight excluding hydrogens is 396 g/mol. The monoisotopic (exact) mass is 414 g/mol. The van der Waals surface area contributed by atoms with Gasteiger partial charge in [0, 0.05) is 31.6 Å². The number of fused-ring (bicyclic) bond motifs is 1. The lowest BCUT2D eigenvalue weighted by molar-refractivity contribution is -0.133. The lowest BCUT2D eigenvalue weighted by atomic mass is 10.0. The second kappa shape index (κ2) is 8.55. The Morgan fingerprint density at radius 2 is 1.83 bits per heavy atom. The predicted molar refractivity (Wildman–Crippen MR) is 91.0 cm³/mol. The summed E-state index contributed by atoms with van der Waals surface area (Å²) < 4.78 is 55.2. The lowest BCUT2D eigenvalue weighted by Crippen LogP contribution is -2.45. The Morgan fingerprint density at radius 3 is 2.55 bits per heavy atom. The first-order valence-electron chi connectivity index (χ1n) is 8.76. The third-order valence-electron chi connectivity index (χ3n) is 4.59. The van der Waals surface area contributed by atoms with E-state index in [1.54, 1.807) is 0 Å². The number of amides is 2. The molecule has 1 aliphatic rings. The average Bonchev–Trinajstić information content (AvgIpc) is 3.06. The van der Waals surface area contributed by atoms with Crippen LogP contribution < -0.4 is 11.1 Å². The molecule has 0 spiro atoms. The van der Waals surface area contributed by atoms with E-state index in [1.807, 2.05) is 0 Å². The normalized spacial score (nSPS) is 14.4. The number of hydrogen-bond donors (Lipinski definition) is 2. The zero-order valence-corrected chi connectivity index (χ0v) is 15.2. The summed E-state index contributed by atoms with van der Waals surface area (Å²) in [6.45, 7) is 0.0132. The van der Waals surface area contributed by atoms with Crippen molar-refractivity contribution >= 4 is 11.8 Å². The summed E-state index contributed by atoms with van der Waals surface area (Å²) in [5.41, 5.74) is 5.08. The standard InChI is InChI=1S/C17H18F4N6O2/c18-11-6-13(20)12(19)4-9(11)3-10(23-15(28)7-22)5-16(29)26-1-2-27-14(8-26)24-25-17(27)21/h4,6,10H,1-3,5,7-8,22H2,(H,23,28). The van der Waals surface area contributed by atoms with Crippen LogP contribution in [0.3, 0.4) is 0 Å². The van der Waals surface area contributed by atoms with Crippen molar-refractivity contribution in [2.24, 2.45) is 5.73 Å². The van der Waals surface area contributed by atoms with Crippen molar-refractivity contribution in [3.63, 3.8) is 0 Å². The molecule has 0 radical (unpaired) electrons. The van der Waals surface area contributed by atoms with E-state index >= 15 is 0 Å². The van der Waals surface area contributed by atoms with Gasteiger partial charge in [0.2, 0.25) is 11.8 Å². The zero-order chi connectivity index (χ0) is 21.1. The van der Waals surface area contributed by atoms with Crippen LogP contribution in [-0.2, 0) is 29.1 Å². The van der Waals surface area contributed by atoms with E-state index in [2.05, 4.69) is 15.5 Å². The summed E-state index contributed by atoms with van der Waals surface area (Å²) in [6.07, 6.45) is -1.24. The van der Waals surface area contributed by atoms with E-state index in [0.717, 1.165) is 0 Å². The first-order chi connectivity index (χ1) is 13.8. The fourth-order valence-corrected chi connectivity index (χ4v) is 3.12. The topological polar surface area (TPSA) is 106 Å². The zero-order valence-electron chi connectivity index (χ0n) is 15.2. The summed E-state index contributed by atoms with van der Waals surface area (Å²) in [6, 6.07) is 0.179. The maximum Gasteiger partial charge on any atom is 0.309 e. The molecule has 0 saturated heterocycles. The average molecular weight is 414 g/mol. The summed E-state index contributed by atoms with van der Waals surface area (Å²) in [5.74, 6) is -4.30. The number of aromatic nitrogens is 3. The highest BCUT2D eigenvalue weighted by atomic mass is 19.2. The molecule has 1 aliphatic heterocycles. The Kier molecular flexibility index (Phi) is 6.11. The van der Waals surface area contributed by atoms with Gasteiger partial charge in [-0.2, -0.15) is 4.39 Å². The van der Waals surface area contributed by atoms with Crippen molar-refractivity contribution in [2.45, 2.75) is 32.0 Å². The van der Waals surface area contributed by atoms with Gasteiger partial charge in [0.1, 0.15) is 5.82 Å². The molecule has 156 valence electrons. The van der Waals surface area contributed by atoms with Gasteiger partial charge in [0.15, 0.2) is 17.5 Å². The van der Waals surface area contributed by atoms with E-state index < -0.39 is 41.4 Å². The molecule has 1 atom stereocenters. The molecule has 0 fully saturated rings. The number of halogens is 4. The maximum atomic E-state index is 14.0. The van der Waals surface area contributed by atoms with Gasteiger partial charge >= 0.3 is 6.08 Å². The molecule has 2 aromatic rings. The van der Waals surface area contributed by atoms with E-state index in [0.29, 0.717) is 12.1 Å². The molecule has 29 heavy (non-hydrogen) atoms. The van der Waals surface area contributed by atoms with Crippen molar-refractivity contribution in [1.29, 1.82) is 0 Å². The van der Waals surface area contributed by atoms with Crippen LogP contribution in [0.15, 0.2) is 12.1 Å². The summed E-state index contributed by atoms with van der Waals surface area (Å²) in [5, 5.41) is 9.45. The van der Waals surface area contributed by atoms with Gasteiger partial charge in [-0.25, -0.2) is 13.2 Å². The van der Waals surface area contributed by atoms with Gasteiger partial charge < -0.3 is 16.0 Å². The molecule has 0 saturated carbocycles. The van der Waals surface area contributed by atoms with Crippen molar-refractivity contribution in [3.8, 4) is 0 Å². The lowest BCUT2D eigenvalue weighted by Gasteiger charge is -2.29. The van der Waals surface area contributed by atoms with Crippen molar-refractivity contribution in [2.75, 3.05) is 13.1 Å². The molecule has 1 unspecified atom stereocenters. The molecule has 0 aliphatic carbocycles. The highest BCUT2D eigenvalue weighted by molar-refractivity contribution is 5.80. The number of nitrogens with one attached hydrogen (secondary N) is 1. The Labute approximate surface area is 162 Å². The molecule has 3 rings (SSSR count). The van der Waals surface area contributed by atoms with Gasteiger partial charge in [-0.1, -0.05) is 5.10 Å². The molecule has 8 nitrogen and oxygen atoms in total. The minimum absolute atomic E-state index is 0.0207. The SMILES string of the molecule is NCC(=O)NC(CC(=O)N1CCn2c(F)nnc2C1)Cc1cc(F)c(F)cc1F. The first kappa shape index (κ1) is 20.7. The smallest absolute Gasteiger partial charge is 0.309 e. The number of carbonyl (C=O) groups is 2. The van der Waals surface area contributed by atoms with E-state index in [1.165, 1.54) is 9.47 Å². The van der Waals surface area contributed by atoms with E-state index in [4.69, 9.17) is 5.73 Å². The van der Waals surface area contributed by atoms with Crippen LogP contribution in [0.25, 0.3) is 0 Å². The second-order valence-corrected chi connectivity index (χ2v) is 6.59. The highest BCUT2D eigenvalue weighted by Crippen LogP contribution is 2.18. The number of nitrogens with zero attached hydrogens (tertiary/aromatic N) is 4. The van der Waals surface area contributed by atoms with Crippen LogP contribution in [0.5, 0.6) is 0 Å². The van der Waals surface area contributed by atoms with Gasteiger partial charge in [0.25, 0.3) is 0 Å². The van der Waals surface area contributed by atoms with Gasteiger partial charge in [0.05, 0.1) is 13.1 Å². The first-order valence-corrected chi connectivity index (χ1v) is 8.76. The van der Waals surface area contributed by atoms with Gasteiger partial charge in [-0.3, -0.25) is 14.2 Å². The molecule has 2 amide bonds. The van der Waals surface area contributed by atoms with Gasteiger partial charge in [-0.05, 0) is 18.1 Å². The number of rotatable bonds is 6. The Bertz CT molecular complexity index is 935. The Morgan fingerprint density at radius 1 is 1.10 bits per heavy atom. The van der Waals surface area contributed by atoms with Crippen molar-refractivity contribution < 1.29 is 27.2 Å². The second-order valence-electron chi connectivity index (χ2n) is 6.59. The molecule has 1 aromatic carbocycles. The molecule has 0 bridgehead atoms. The number of nitrogens with two attached hydrogens (primary N) is 1. The van der Waals surface area contributed by atoms with Crippen LogP contribution >= 0.6 is 0 Å². The van der Waals surface area contributed by atoms with Crippen LogP contribution in [0.1, 0.15) is 17.8 Å². The maximum absolute atomic E-state index is 14.0. The van der Waals surface area contributed by atoms with Crippen molar-refractivity contribution in [3.05, 3.63) is 47.1 Å². The van der Waals surface area contributed by atoms with Crippen LogP contribution in [0.4, 0.5) is 17.6 Å². The van der Waals surface area contributed by atoms with E-state index in [-0.39, 0.29) is 50.4 Å². The van der Waals surface area contributed by atoms with Crippen LogP contribution in [-0.4, -0.2) is 50.6 Å². The molecule has 2 heterocycles. The number of benzene rings is 1. The molecule has 3 N–H and O–H groups in total. The Balaban J connectivity index is 1.73.